The quantitative estimate of drug-likeness (QED) is 0.947. The molecule has 0 aliphatic heterocycles. The molecule has 0 spiro atoms. The van der Waals surface area contributed by atoms with Gasteiger partial charge in [0, 0.05) is 18.6 Å². The summed E-state index contributed by atoms with van der Waals surface area (Å²) < 4.78 is 1.48. The third kappa shape index (κ3) is 3.08. The lowest BCUT2D eigenvalue weighted by molar-refractivity contribution is 0.0950. The average Bonchev–Trinajstić information content (AvgIpc) is 2.62. The average molecular weight is 298 g/mol. The SMILES string of the molecule is Cc1nn(C)c(Cl)c1C(=O)NCc1ccc(Cl)cc1. The van der Waals surface area contributed by atoms with Gasteiger partial charge in [0.1, 0.15) is 5.15 Å². The van der Waals surface area contributed by atoms with Gasteiger partial charge >= 0.3 is 0 Å². The maximum Gasteiger partial charge on any atom is 0.256 e. The number of halogens is 2. The fourth-order valence-electron chi connectivity index (χ4n) is 1.76. The fourth-order valence-corrected chi connectivity index (χ4v) is 2.15. The molecule has 1 aromatic heterocycles. The topological polar surface area (TPSA) is 46.9 Å². The zero-order valence-electron chi connectivity index (χ0n) is 10.6. The van der Waals surface area contributed by atoms with Gasteiger partial charge in [-0.25, -0.2) is 0 Å². The van der Waals surface area contributed by atoms with Gasteiger partial charge in [-0.1, -0.05) is 35.3 Å². The van der Waals surface area contributed by atoms with Crippen LogP contribution in [0, 0.1) is 6.92 Å². The highest BCUT2D eigenvalue weighted by atomic mass is 35.5. The molecule has 1 N–H and O–H groups in total. The molecule has 19 heavy (non-hydrogen) atoms. The van der Waals surface area contributed by atoms with E-state index in [0.717, 1.165) is 5.56 Å². The molecule has 0 saturated carbocycles. The number of carbonyl (C=O) groups is 1. The number of aryl methyl sites for hydroxylation is 2. The Kier molecular flexibility index (Phi) is 4.12. The van der Waals surface area contributed by atoms with Gasteiger partial charge in [0.05, 0.1) is 11.3 Å². The molecule has 1 aromatic carbocycles. The van der Waals surface area contributed by atoms with Crippen molar-refractivity contribution in [1.82, 2.24) is 15.1 Å². The Bertz CT molecular complexity index is 605. The minimum absolute atomic E-state index is 0.231. The number of aromatic nitrogens is 2. The van der Waals surface area contributed by atoms with Crippen molar-refractivity contribution in [1.29, 1.82) is 0 Å². The summed E-state index contributed by atoms with van der Waals surface area (Å²) in [6.07, 6.45) is 0. The van der Waals surface area contributed by atoms with E-state index in [4.69, 9.17) is 23.2 Å². The Morgan fingerprint density at radius 3 is 2.47 bits per heavy atom. The lowest BCUT2D eigenvalue weighted by Gasteiger charge is -2.05. The summed E-state index contributed by atoms with van der Waals surface area (Å²) in [4.78, 5) is 12.1. The van der Waals surface area contributed by atoms with Crippen LogP contribution < -0.4 is 5.32 Å². The van der Waals surface area contributed by atoms with Crippen molar-refractivity contribution in [2.45, 2.75) is 13.5 Å². The Hall–Kier alpha value is -1.52. The van der Waals surface area contributed by atoms with Crippen LogP contribution >= 0.6 is 23.2 Å². The number of amides is 1. The maximum atomic E-state index is 12.1. The Balaban J connectivity index is 2.07. The summed E-state index contributed by atoms with van der Waals surface area (Å²) in [6.45, 7) is 2.17. The second kappa shape index (κ2) is 5.63. The summed E-state index contributed by atoms with van der Waals surface area (Å²) in [6, 6.07) is 7.29. The largest absolute Gasteiger partial charge is 0.348 e. The minimum Gasteiger partial charge on any atom is -0.348 e. The third-order valence-electron chi connectivity index (χ3n) is 2.75. The van der Waals surface area contributed by atoms with E-state index >= 15 is 0 Å². The molecule has 0 aliphatic carbocycles. The molecular weight excluding hydrogens is 285 g/mol. The van der Waals surface area contributed by atoms with Crippen LogP contribution in [0.5, 0.6) is 0 Å². The molecule has 2 rings (SSSR count). The number of benzene rings is 1. The van der Waals surface area contributed by atoms with Crippen LogP contribution in [0.2, 0.25) is 10.2 Å². The number of hydrogen-bond acceptors (Lipinski definition) is 2. The van der Waals surface area contributed by atoms with Crippen molar-refractivity contribution in [3.63, 3.8) is 0 Å². The predicted molar refractivity (Wildman–Crippen MR) is 75.6 cm³/mol. The number of rotatable bonds is 3. The zero-order chi connectivity index (χ0) is 14.0. The predicted octanol–water partition coefficient (Wildman–Crippen LogP) is 2.97. The molecule has 100 valence electrons. The highest BCUT2D eigenvalue weighted by Gasteiger charge is 2.18. The van der Waals surface area contributed by atoms with E-state index in [-0.39, 0.29) is 5.91 Å². The first-order valence-corrected chi connectivity index (χ1v) is 6.46. The van der Waals surface area contributed by atoms with E-state index in [0.29, 0.717) is 28.0 Å². The number of nitrogens with one attached hydrogen (secondary N) is 1. The number of hydrogen-bond donors (Lipinski definition) is 1. The molecule has 0 bridgehead atoms. The maximum absolute atomic E-state index is 12.1. The van der Waals surface area contributed by atoms with Gasteiger partial charge in [-0.15, -0.1) is 0 Å². The normalized spacial score (nSPS) is 10.5. The van der Waals surface area contributed by atoms with Crippen molar-refractivity contribution in [2.24, 2.45) is 7.05 Å². The number of carbonyl (C=O) groups excluding carboxylic acids is 1. The van der Waals surface area contributed by atoms with E-state index in [2.05, 4.69) is 10.4 Å². The summed E-state index contributed by atoms with van der Waals surface area (Å²) in [5.74, 6) is -0.231. The van der Waals surface area contributed by atoms with E-state index in [9.17, 15) is 4.79 Å². The van der Waals surface area contributed by atoms with Crippen molar-refractivity contribution < 1.29 is 4.79 Å². The standard InChI is InChI=1S/C13H13Cl2N3O/c1-8-11(12(15)18(2)17-8)13(19)16-7-9-3-5-10(14)6-4-9/h3-6H,7H2,1-2H3,(H,16,19). The highest BCUT2D eigenvalue weighted by molar-refractivity contribution is 6.33. The highest BCUT2D eigenvalue weighted by Crippen LogP contribution is 2.18. The van der Waals surface area contributed by atoms with Crippen LogP contribution in [-0.2, 0) is 13.6 Å². The third-order valence-corrected chi connectivity index (χ3v) is 3.43. The Morgan fingerprint density at radius 1 is 1.32 bits per heavy atom. The Morgan fingerprint density at radius 2 is 1.95 bits per heavy atom. The van der Waals surface area contributed by atoms with Crippen LogP contribution in [0.25, 0.3) is 0 Å². The van der Waals surface area contributed by atoms with Crippen LogP contribution in [0.4, 0.5) is 0 Å². The van der Waals surface area contributed by atoms with E-state index < -0.39 is 0 Å². The van der Waals surface area contributed by atoms with Gasteiger partial charge in [-0.05, 0) is 24.6 Å². The van der Waals surface area contributed by atoms with Crippen molar-refractivity contribution in [3.8, 4) is 0 Å². The Labute approximate surface area is 121 Å². The molecule has 1 heterocycles. The van der Waals surface area contributed by atoms with Crippen LogP contribution in [0.1, 0.15) is 21.6 Å². The summed E-state index contributed by atoms with van der Waals surface area (Å²) in [5.41, 5.74) is 2.00. The molecule has 0 atom stereocenters. The van der Waals surface area contributed by atoms with Crippen molar-refractivity contribution in [2.75, 3.05) is 0 Å². The van der Waals surface area contributed by atoms with Crippen molar-refractivity contribution >= 4 is 29.1 Å². The van der Waals surface area contributed by atoms with E-state index in [1.165, 1.54) is 4.68 Å². The molecule has 1 amide bonds. The monoisotopic (exact) mass is 297 g/mol. The first kappa shape index (κ1) is 13.9. The molecule has 4 nitrogen and oxygen atoms in total. The smallest absolute Gasteiger partial charge is 0.256 e. The van der Waals surface area contributed by atoms with Gasteiger partial charge in [0.25, 0.3) is 5.91 Å². The molecule has 0 fully saturated rings. The van der Waals surface area contributed by atoms with Crippen molar-refractivity contribution in [3.05, 3.63) is 51.3 Å². The first-order chi connectivity index (χ1) is 8.99. The lowest BCUT2D eigenvalue weighted by Crippen LogP contribution is -2.23. The van der Waals surface area contributed by atoms with Gasteiger partial charge in [0.15, 0.2) is 0 Å². The van der Waals surface area contributed by atoms with E-state index in [1.54, 1.807) is 26.1 Å². The fraction of sp³-hybridized carbons (Fsp3) is 0.231. The first-order valence-electron chi connectivity index (χ1n) is 5.70. The molecular formula is C13H13Cl2N3O. The number of nitrogens with zero attached hydrogens (tertiary/aromatic N) is 2. The summed E-state index contributed by atoms with van der Waals surface area (Å²) in [7, 11) is 1.70. The molecule has 0 unspecified atom stereocenters. The van der Waals surface area contributed by atoms with Gasteiger partial charge in [-0.3, -0.25) is 9.48 Å². The molecule has 2 aromatic rings. The van der Waals surface area contributed by atoms with Gasteiger partial charge in [-0.2, -0.15) is 5.10 Å². The molecule has 6 heteroatoms. The molecule has 0 saturated heterocycles. The second-order valence-electron chi connectivity index (χ2n) is 4.18. The minimum atomic E-state index is -0.231. The lowest BCUT2D eigenvalue weighted by atomic mass is 10.2. The van der Waals surface area contributed by atoms with Crippen LogP contribution in [0.15, 0.2) is 24.3 Å². The molecule has 0 aliphatic rings. The zero-order valence-corrected chi connectivity index (χ0v) is 12.1. The van der Waals surface area contributed by atoms with Gasteiger partial charge < -0.3 is 5.32 Å². The van der Waals surface area contributed by atoms with Gasteiger partial charge in [0.2, 0.25) is 0 Å². The van der Waals surface area contributed by atoms with Crippen LogP contribution in [0.3, 0.4) is 0 Å². The second-order valence-corrected chi connectivity index (χ2v) is 4.98. The summed E-state index contributed by atoms with van der Waals surface area (Å²) in [5, 5.41) is 7.92. The molecule has 0 radical (unpaired) electrons. The van der Waals surface area contributed by atoms with E-state index in [1.807, 2.05) is 12.1 Å². The van der Waals surface area contributed by atoms with Crippen LogP contribution in [-0.4, -0.2) is 15.7 Å². The summed E-state index contributed by atoms with van der Waals surface area (Å²) >= 11 is 11.8.